The fourth-order valence-electron chi connectivity index (χ4n) is 0.877. The Balaban J connectivity index is 2.47. The summed E-state index contributed by atoms with van der Waals surface area (Å²) in [5.41, 5.74) is 11.2. The molecule has 0 spiro atoms. The highest BCUT2D eigenvalue weighted by Gasteiger charge is 2.11. The van der Waals surface area contributed by atoms with Crippen molar-refractivity contribution in [3.8, 4) is 0 Å². The average molecular weight is 112 g/mol. The Morgan fingerprint density at radius 2 is 2.12 bits per heavy atom. The lowest BCUT2D eigenvalue weighted by molar-refractivity contribution is 0.541. The Labute approximate surface area is 49.5 Å². The summed E-state index contributed by atoms with van der Waals surface area (Å²) in [7, 11) is 0. The quantitative estimate of drug-likeness (QED) is 0.433. The summed E-state index contributed by atoms with van der Waals surface area (Å²) in [6, 6.07) is 0.295. The smallest absolute Gasteiger partial charge is 0.0378 e. The molecule has 0 aromatic carbocycles. The molecule has 0 heterocycles. The van der Waals surface area contributed by atoms with Gasteiger partial charge in [0.25, 0.3) is 0 Å². The SMILES string of the molecule is NC1C=CCC[C@@H]1N. The van der Waals surface area contributed by atoms with Gasteiger partial charge in [-0.25, -0.2) is 0 Å². The lowest BCUT2D eigenvalue weighted by Gasteiger charge is -2.19. The van der Waals surface area contributed by atoms with Crippen molar-refractivity contribution in [3.63, 3.8) is 0 Å². The zero-order chi connectivity index (χ0) is 5.98. The molecule has 4 N–H and O–H groups in total. The van der Waals surface area contributed by atoms with Crippen LogP contribution in [0.1, 0.15) is 12.8 Å². The van der Waals surface area contributed by atoms with Crippen LogP contribution < -0.4 is 11.5 Å². The fourth-order valence-corrected chi connectivity index (χ4v) is 0.877. The number of rotatable bonds is 0. The van der Waals surface area contributed by atoms with Crippen molar-refractivity contribution in [3.05, 3.63) is 12.2 Å². The molecule has 1 unspecified atom stereocenters. The average Bonchev–Trinajstić information content (AvgIpc) is 1.77. The molecule has 2 heteroatoms. The molecule has 1 aliphatic rings. The molecule has 0 bridgehead atoms. The highest BCUT2D eigenvalue weighted by molar-refractivity contribution is 5.01. The predicted octanol–water partition coefficient (Wildman–Crippen LogP) is -0.00900. The van der Waals surface area contributed by atoms with Gasteiger partial charge in [0.05, 0.1) is 0 Å². The predicted molar refractivity (Wildman–Crippen MR) is 34.3 cm³/mol. The first-order valence-corrected chi connectivity index (χ1v) is 2.98. The molecular formula is C6H12N2. The molecular weight excluding hydrogens is 100 g/mol. The second-order valence-electron chi connectivity index (χ2n) is 2.25. The number of hydrogen-bond donors (Lipinski definition) is 2. The van der Waals surface area contributed by atoms with Crippen molar-refractivity contribution >= 4 is 0 Å². The van der Waals surface area contributed by atoms with Gasteiger partial charge in [-0.05, 0) is 12.8 Å². The molecule has 46 valence electrons. The molecule has 0 saturated carbocycles. The Kier molecular flexibility index (Phi) is 1.65. The maximum absolute atomic E-state index is 5.60. The third-order valence-electron chi connectivity index (χ3n) is 1.52. The van der Waals surface area contributed by atoms with Crippen molar-refractivity contribution in [1.29, 1.82) is 0 Å². The molecule has 2 atom stereocenters. The van der Waals surface area contributed by atoms with Crippen LogP contribution in [0.15, 0.2) is 12.2 Å². The van der Waals surface area contributed by atoms with Crippen molar-refractivity contribution in [1.82, 2.24) is 0 Å². The molecule has 2 nitrogen and oxygen atoms in total. The molecule has 1 aliphatic carbocycles. The van der Waals surface area contributed by atoms with Gasteiger partial charge in [0, 0.05) is 12.1 Å². The summed E-state index contributed by atoms with van der Waals surface area (Å²) in [6.45, 7) is 0. The maximum atomic E-state index is 5.60. The van der Waals surface area contributed by atoms with Crippen molar-refractivity contribution < 1.29 is 0 Å². The topological polar surface area (TPSA) is 52.0 Å². The Hall–Kier alpha value is -0.340. The lowest BCUT2D eigenvalue weighted by Crippen LogP contribution is -2.41. The van der Waals surface area contributed by atoms with Crippen molar-refractivity contribution in [2.75, 3.05) is 0 Å². The Morgan fingerprint density at radius 1 is 1.38 bits per heavy atom. The fraction of sp³-hybridized carbons (Fsp3) is 0.667. The van der Waals surface area contributed by atoms with Crippen LogP contribution in [-0.4, -0.2) is 12.1 Å². The summed E-state index contributed by atoms with van der Waals surface area (Å²) in [6.07, 6.45) is 6.20. The summed E-state index contributed by atoms with van der Waals surface area (Å²) < 4.78 is 0. The summed E-state index contributed by atoms with van der Waals surface area (Å²) in [5, 5.41) is 0. The first kappa shape index (κ1) is 5.79. The largest absolute Gasteiger partial charge is 0.326 e. The number of hydrogen-bond acceptors (Lipinski definition) is 2. The van der Waals surface area contributed by atoms with Gasteiger partial charge in [0.2, 0.25) is 0 Å². The van der Waals surface area contributed by atoms with E-state index in [1.807, 2.05) is 6.08 Å². The van der Waals surface area contributed by atoms with E-state index in [4.69, 9.17) is 11.5 Å². The van der Waals surface area contributed by atoms with Crippen LogP contribution in [-0.2, 0) is 0 Å². The molecule has 0 aromatic rings. The van der Waals surface area contributed by atoms with Gasteiger partial charge in [0.15, 0.2) is 0 Å². The molecule has 1 rings (SSSR count). The van der Waals surface area contributed by atoms with Crippen molar-refractivity contribution in [2.24, 2.45) is 11.5 Å². The van der Waals surface area contributed by atoms with Crippen LogP contribution in [0.25, 0.3) is 0 Å². The van der Waals surface area contributed by atoms with Crippen LogP contribution in [0, 0.1) is 0 Å². The van der Waals surface area contributed by atoms with E-state index in [-0.39, 0.29) is 12.1 Å². The minimum atomic E-state index is 0.101. The zero-order valence-electron chi connectivity index (χ0n) is 4.88. The molecule has 0 aromatic heterocycles. The molecule has 8 heavy (non-hydrogen) atoms. The second kappa shape index (κ2) is 2.29. The Bertz CT molecular complexity index is 98.7. The zero-order valence-corrected chi connectivity index (χ0v) is 4.88. The Morgan fingerprint density at radius 3 is 2.50 bits per heavy atom. The van der Waals surface area contributed by atoms with E-state index in [2.05, 4.69) is 6.08 Å². The van der Waals surface area contributed by atoms with Gasteiger partial charge in [-0.1, -0.05) is 12.2 Å². The molecule has 0 saturated heterocycles. The van der Waals surface area contributed by atoms with Gasteiger partial charge in [-0.2, -0.15) is 0 Å². The van der Waals surface area contributed by atoms with E-state index in [1.165, 1.54) is 0 Å². The summed E-state index contributed by atoms with van der Waals surface area (Å²) >= 11 is 0. The second-order valence-corrected chi connectivity index (χ2v) is 2.25. The third kappa shape index (κ3) is 1.08. The third-order valence-corrected chi connectivity index (χ3v) is 1.52. The van der Waals surface area contributed by atoms with E-state index < -0.39 is 0 Å². The highest BCUT2D eigenvalue weighted by atomic mass is 14.8. The first-order chi connectivity index (χ1) is 3.80. The molecule has 0 aliphatic heterocycles. The minimum absolute atomic E-state index is 0.101. The lowest BCUT2D eigenvalue weighted by atomic mass is 9.99. The monoisotopic (exact) mass is 112 g/mol. The van der Waals surface area contributed by atoms with Gasteiger partial charge < -0.3 is 11.5 Å². The van der Waals surface area contributed by atoms with Crippen LogP contribution in [0.3, 0.4) is 0 Å². The highest BCUT2D eigenvalue weighted by Crippen LogP contribution is 2.06. The van der Waals surface area contributed by atoms with E-state index in [9.17, 15) is 0 Å². The van der Waals surface area contributed by atoms with Crippen molar-refractivity contribution in [2.45, 2.75) is 24.9 Å². The standard InChI is InChI=1S/C6H12N2/c7-5-3-1-2-4-6(5)8/h1,3,5-6H,2,4,7-8H2/t5?,6-/m0/s1. The van der Waals surface area contributed by atoms with Crippen LogP contribution in [0.2, 0.25) is 0 Å². The van der Waals surface area contributed by atoms with E-state index in [0.717, 1.165) is 12.8 Å². The van der Waals surface area contributed by atoms with E-state index in [0.29, 0.717) is 0 Å². The van der Waals surface area contributed by atoms with Gasteiger partial charge in [0.1, 0.15) is 0 Å². The summed E-state index contributed by atoms with van der Waals surface area (Å²) in [5.74, 6) is 0. The minimum Gasteiger partial charge on any atom is -0.326 e. The normalized spacial score (nSPS) is 37.8. The number of nitrogens with two attached hydrogens (primary N) is 2. The van der Waals surface area contributed by atoms with Gasteiger partial charge in [-0.15, -0.1) is 0 Å². The molecule has 0 radical (unpaired) electrons. The first-order valence-electron chi connectivity index (χ1n) is 2.98. The number of allylic oxidation sites excluding steroid dienone is 1. The van der Waals surface area contributed by atoms with Gasteiger partial charge in [-0.3, -0.25) is 0 Å². The van der Waals surface area contributed by atoms with Crippen LogP contribution in [0.4, 0.5) is 0 Å². The molecule has 0 fully saturated rings. The summed E-state index contributed by atoms with van der Waals surface area (Å²) in [4.78, 5) is 0. The van der Waals surface area contributed by atoms with Crippen LogP contribution in [0.5, 0.6) is 0 Å². The van der Waals surface area contributed by atoms with Crippen LogP contribution >= 0.6 is 0 Å². The van der Waals surface area contributed by atoms with E-state index in [1.54, 1.807) is 0 Å². The molecule has 0 amide bonds. The van der Waals surface area contributed by atoms with E-state index >= 15 is 0 Å². The van der Waals surface area contributed by atoms with Gasteiger partial charge >= 0.3 is 0 Å². The maximum Gasteiger partial charge on any atom is 0.0378 e.